The molecule has 0 bridgehead atoms. The summed E-state index contributed by atoms with van der Waals surface area (Å²) < 4.78 is 0. The van der Waals surface area contributed by atoms with Gasteiger partial charge < -0.3 is 5.32 Å². The molecule has 1 aromatic carbocycles. The average Bonchev–Trinajstić information content (AvgIpc) is 2.71. The first-order valence-corrected chi connectivity index (χ1v) is 6.75. The zero-order chi connectivity index (χ0) is 11.7. The maximum absolute atomic E-state index is 3.54. The van der Waals surface area contributed by atoms with Gasteiger partial charge >= 0.3 is 0 Å². The van der Waals surface area contributed by atoms with E-state index in [0.717, 1.165) is 13.1 Å². The number of nitrogens with zero attached hydrogens (tertiary/aromatic N) is 1. The van der Waals surface area contributed by atoms with Gasteiger partial charge in [-0.2, -0.15) is 0 Å². The highest BCUT2D eigenvalue weighted by Gasteiger charge is 2.31. The Labute approximate surface area is 104 Å². The Morgan fingerprint density at radius 1 is 1.24 bits per heavy atom. The van der Waals surface area contributed by atoms with E-state index in [-0.39, 0.29) is 0 Å². The zero-order valence-electron chi connectivity index (χ0n) is 10.7. The Kier molecular flexibility index (Phi) is 2.93. The van der Waals surface area contributed by atoms with Crippen LogP contribution in [0.4, 0.5) is 0 Å². The molecule has 0 aromatic heterocycles. The second-order valence-corrected chi connectivity index (χ2v) is 6.00. The van der Waals surface area contributed by atoms with E-state index in [4.69, 9.17) is 0 Å². The van der Waals surface area contributed by atoms with Crippen molar-refractivity contribution in [3.63, 3.8) is 0 Å². The van der Waals surface area contributed by atoms with E-state index in [9.17, 15) is 0 Å². The lowest BCUT2D eigenvalue weighted by Crippen LogP contribution is -2.44. The Balaban J connectivity index is 1.65. The van der Waals surface area contributed by atoms with Gasteiger partial charge in [0.25, 0.3) is 0 Å². The summed E-state index contributed by atoms with van der Waals surface area (Å²) in [7, 11) is 0. The quantitative estimate of drug-likeness (QED) is 0.839. The molecule has 2 aliphatic rings. The van der Waals surface area contributed by atoms with Gasteiger partial charge in [0.15, 0.2) is 0 Å². The summed E-state index contributed by atoms with van der Waals surface area (Å²) in [5.41, 5.74) is 3.53. The minimum atomic E-state index is 0.473. The SMILES string of the molecule is CC1(CN2Cc3ccccc3C2)CCCNC1. The van der Waals surface area contributed by atoms with Crippen LogP contribution in [0.2, 0.25) is 0 Å². The summed E-state index contributed by atoms with van der Waals surface area (Å²) in [4.78, 5) is 2.61. The van der Waals surface area contributed by atoms with Crippen molar-refractivity contribution in [1.82, 2.24) is 10.2 Å². The number of benzene rings is 1. The van der Waals surface area contributed by atoms with E-state index in [1.54, 1.807) is 0 Å². The second kappa shape index (κ2) is 4.43. The molecule has 2 aliphatic heterocycles. The van der Waals surface area contributed by atoms with Crippen molar-refractivity contribution in [2.24, 2.45) is 5.41 Å². The lowest BCUT2D eigenvalue weighted by molar-refractivity contribution is 0.132. The molecule has 0 aliphatic carbocycles. The molecule has 1 aromatic rings. The third-order valence-electron chi connectivity index (χ3n) is 4.20. The lowest BCUT2D eigenvalue weighted by Gasteiger charge is -2.37. The standard InChI is InChI=1S/C15H22N2/c1-15(7-4-8-16-11-15)12-17-9-13-5-2-3-6-14(13)10-17/h2-3,5-6,16H,4,7-12H2,1H3. The fraction of sp³-hybridized carbons (Fsp3) is 0.600. The first kappa shape index (κ1) is 11.2. The molecule has 92 valence electrons. The molecule has 2 nitrogen and oxygen atoms in total. The molecule has 2 heterocycles. The largest absolute Gasteiger partial charge is 0.316 e. The average molecular weight is 230 g/mol. The third-order valence-corrected chi connectivity index (χ3v) is 4.20. The molecule has 0 spiro atoms. The van der Waals surface area contributed by atoms with Crippen LogP contribution in [0.25, 0.3) is 0 Å². The van der Waals surface area contributed by atoms with Crippen molar-refractivity contribution in [2.45, 2.75) is 32.9 Å². The van der Waals surface area contributed by atoms with Gasteiger partial charge in [0.2, 0.25) is 0 Å². The van der Waals surface area contributed by atoms with E-state index in [2.05, 4.69) is 41.4 Å². The minimum Gasteiger partial charge on any atom is -0.316 e. The van der Waals surface area contributed by atoms with Gasteiger partial charge in [0.05, 0.1) is 0 Å². The molecule has 1 fully saturated rings. The number of hydrogen-bond donors (Lipinski definition) is 1. The topological polar surface area (TPSA) is 15.3 Å². The maximum atomic E-state index is 3.54. The number of fused-ring (bicyclic) bond motifs is 1. The van der Waals surface area contributed by atoms with Gasteiger partial charge in [-0.25, -0.2) is 0 Å². The summed E-state index contributed by atoms with van der Waals surface area (Å²) in [5.74, 6) is 0. The Morgan fingerprint density at radius 3 is 2.53 bits per heavy atom. The highest BCUT2D eigenvalue weighted by molar-refractivity contribution is 5.30. The van der Waals surface area contributed by atoms with Crippen molar-refractivity contribution in [3.8, 4) is 0 Å². The van der Waals surface area contributed by atoms with Crippen LogP contribution in [0.1, 0.15) is 30.9 Å². The molecule has 1 atom stereocenters. The second-order valence-electron chi connectivity index (χ2n) is 6.00. The summed E-state index contributed by atoms with van der Waals surface area (Å²) in [6, 6.07) is 8.87. The van der Waals surface area contributed by atoms with E-state index in [1.165, 1.54) is 43.6 Å². The maximum Gasteiger partial charge on any atom is 0.0240 e. The van der Waals surface area contributed by atoms with Crippen LogP contribution < -0.4 is 5.32 Å². The number of piperidine rings is 1. The predicted octanol–water partition coefficient (Wildman–Crippen LogP) is 2.39. The number of hydrogen-bond acceptors (Lipinski definition) is 2. The monoisotopic (exact) mass is 230 g/mol. The summed E-state index contributed by atoms with van der Waals surface area (Å²) in [6.07, 6.45) is 2.70. The molecule has 3 rings (SSSR count). The fourth-order valence-corrected chi connectivity index (χ4v) is 3.31. The van der Waals surface area contributed by atoms with Crippen LogP contribution >= 0.6 is 0 Å². The highest BCUT2D eigenvalue weighted by Crippen LogP contribution is 2.30. The summed E-state index contributed by atoms with van der Waals surface area (Å²) in [6.45, 7) is 8.34. The predicted molar refractivity (Wildman–Crippen MR) is 70.8 cm³/mol. The molecular weight excluding hydrogens is 208 g/mol. The molecule has 0 saturated carbocycles. The van der Waals surface area contributed by atoms with Crippen LogP contribution in [0.3, 0.4) is 0 Å². The molecule has 0 radical (unpaired) electrons. The molecule has 17 heavy (non-hydrogen) atoms. The van der Waals surface area contributed by atoms with Crippen LogP contribution in [0, 0.1) is 5.41 Å². The molecule has 2 heteroatoms. The molecule has 1 unspecified atom stereocenters. The first-order valence-electron chi connectivity index (χ1n) is 6.75. The minimum absolute atomic E-state index is 0.473. The molecule has 0 amide bonds. The van der Waals surface area contributed by atoms with Crippen molar-refractivity contribution in [2.75, 3.05) is 19.6 Å². The van der Waals surface area contributed by atoms with Crippen LogP contribution in [-0.4, -0.2) is 24.5 Å². The van der Waals surface area contributed by atoms with E-state index >= 15 is 0 Å². The van der Waals surface area contributed by atoms with Crippen molar-refractivity contribution < 1.29 is 0 Å². The van der Waals surface area contributed by atoms with Gasteiger partial charge in [-0.3, -0.25) is 4.90 Å². The van der Waals surface area contributed by atoms with Gasteiger partial charge in [-0.05, 0) is 35.9 Å². The third kappa shape index (κ3) is 2.38. The fourth-order valence-electron chi connectivity index (χ4n) is 3.31. The smallest absolute Gasteiger partial charge is 0.0240 e. The number of nitrogens with one attached hydrogen (secondary N) is 1. The zero-order valence-corrected chi connectivity index (χ0v) is 10.7. The normalized spacial score (nSPS) is 29.2. The van der Waals surface area contributed by atoms with Gasteiger partial charge in [-0.15, -0.1) is 0 Å². The molecule has 1 saturated heterocycles. The van der Waals surface area contributed by atoms with Crippen molar-refractivity contribution in [3.05, 3.63) is 35.4 Å². The van der Waals surface area contributed by atoms with Crippen molar-refractivity contribution >= 4 is 0 Å². The summed E-state index contributed by atoms with van der Waals surface area (Å²) >= 11 is 0. The summed E-state index contributed by atoms with van der Waals surface area (Å²) in [5, 5.41) is 3.54. The van der Waals surface area contributed by atoms with Crippen LogP contribution in [0.5, 0.6) is 0 Å². The highest BCUT2D eigenvalue weighted by atomic mass is 15.2. The Morgan fingerprint density at radius 2 is 1.94 bits per heavy atom. The first-order chi connectivity index (χ1) is 8.25. The van der Waals surface area contributed by atoms with Gasteiger partial charge in [0, 0.05) is 26.2 Å². The van der Waals surface area contributed by atoms with Crippen molar-refractivity contribution in [1.29, 1.82) is 0 Å². The van der Waals surface area contributed by atoms with E-state index < -0.39 is 0 Å². The van der Waals surface area contributed by atoms with Crippen LogP contribution in [0.15, 0.2) is 24.3 Å². The van der Waals surface area contributed by atoms with Gasteiger partial charge in [-0.1, -0.05) is 31.2 Å². The molecular formula is C15H22N2. The van der Waals surface area contributed by atoms with E-state index in [0.29, 0.717) is 5.41 Å². The lowest BCUT2D eigenvalue weighted by atomic mass is 9.82. The van der Waals surface area contributed by atoms with E-state index in [1.807, 2.05) is 0 Å². The number of rotatable bonds is 2. The van der Waals surface area contributed by atoms with Gasteiger partial charge in [0.1, 0.15) is 0 Å². The Bertz CT molecular complexity index is 369. The molecule has 1 N–H and O–H groups in total. The Hall–Kier alpha value is -0.860. The van der Waals surface area contributed by atoms with Crippen LogP contribution in [-0.2, 0) is 13.1 Å².